The maximum Gasteiger partial charge on any atom is 0.253 e. The van der Waals surface area contributed by atoms with Crippen molar-refractivity contribution in [3.63, 3.8) is 0 Å². The minimum atomic E-state index is -0.943. The fourth-order valence-corrected chi connectivity index (χ4v) is 4.64. The molecular weight excluding hydrogens is 469 g/mol. The monoisotopic (exact) mass is 495 g/mol. The smallest absolute Gasteiger partial charge is 0.253 e. The number of rotatable bonds is 5. The highest BCUT2D eigenvalue weighted by molar-refractivity contribution is 5.96. The molecule has 1 atom stereocenters. The SMILES string of the molecule is CN(C)C(=O)c1cccc(-c2ccc(C3(NC(=O)c4ccc(F)cc4)CCOc4cccnc43)cc2)c1. The zero-order valence-corrected chi connectivity index (χ0v) is 20.6. The van der Waals surface area contributed by atoms with E-state index in [-0.39, 0.29) is 11.8 Å². The van der Waals surface area contributed by atoms with Gasteiger partial charge in [-0.2, -0.15) is 0 Å². The molecule has 1 aliphatic heterocycles. The van der Waals surface area contributed by atoms with Gasteiger partial charge in [0, 0.05) is 37.8 Å². The number of ether oxygens (including phenoxy) is 1. The number of hydrogen-bond donors (Lipinski definition) is 1. The molecular formula is C30H26FN3O3. The molecule has 7 heteroatoms. The van der Waals surface area contributed by atoms with E-state index < -0.39 is 11.4 Å². The molecule has 0 saturated heterocycles. The quantitative estimate of drug-likeness (QED) is 0.421. The van der Waals surface area contributed by atoms with E-state index in [0.717, 1.165) is 16.7 Å². The Morgan fingerprint density at radius 2 is 1.68 bits per heavy atom. The summed E-state index contributed by atoms with van der Waals surface area (Å²) in [6.07, 6.45) is 2.14. The van der Waals surface area contributed by atoms with Crippen molar-refractivity contribution in [3.8, 4) is 16.9 Å². The Morgan fingerprint density at radius 3 is 2.41 bits per heavy atom. The van der Waals surface area contributed by atoms with E-state index in [1.54, 1.807) is 37.3 Å². The predicted octanol–water partition coefficient (Wildman–Crippen LogP) is 5.05. The van der Waals surface area contributed by atoms with Gasteiger partial charge in [-0.25, -0.2) is 4.39 Å². The van der Waals surface area contributed by atoms with Crippen molar-refractivity contribution in [2.75, 3.05) is 20.7 Å². The second-order valence-corrected chi connectivity index (χ2v) is 9.17. The lowest BCUT2D eigenvalue weighted by molar-refractivity contribution is 0.0826. The first-order chi connectivity index (χ1) is 17.9. The summed E-state index contributed by atoms with van der Waals surface area (Å²) in [5, 5.41) is 3.18. The van der Waals surface area contributed by atoms with E-state index in [9.17, 15) is 14.0 Å². The van der Waals surface area contributed by atoms with Gasteiger partial charge in [0.2, 0.25) is 0 Å². The zero-order chi connectivity index (χ0) is 26.0. The lowest BCUT2D eigenvalue weighted by Gasteiger charge is -2.39. The molecule has 0 saturated carbocycles. The Hall–Kier alpha value is -4.52. The summed E-state index contributed by atoms with van der Waals surface area (Å²) < 4.78 is 19.3. The number of pyridine rings is 1. The van der Waals surface area contributed by atoms with Crippen LogP contribution in [0.4, 0.5) is 4.39 Å². The number of nitrogens with one attached hydrogen (secondary N) is 1. The molecule has 0 aliphatic carbocycles. The van der Waals surface area contributed by atoms with E-state index in [2.05, 4.69) is 10.3 Å². The Balaban J connectivity index is 1.54. The molecule has 186 valence electrons. The maximum atomic E-state index is 13.5. The zero-order valence-electron chi connectivity index (χ0n) is 20.6. The van der Waals surface area contributed by atoms with Gasteiger partial charge in [0.25, 0.3) is 11.8 Å². The number of amides is 2. The largest absolute Gasteiger partial charge is 0.491 e. The van der Waals surface area contributed by atoms with Crippen LogP contribution in [0, 0.1) is 5.82 Å². The van der Waals surface area contributed by atoms with Gasteiger partial charge >= 0.3 is 0 Å². The summed E-state index contributed by atoms with van der Waals surface area (Å²) in [4.78, 5) is 31.9. The molecule has 37 heavy (non-hydrogen) atoms. The normalized spacial score (nSPS) is 16.3. The lowest BCUT2D eigenvalue weighted by atomic mass is 9.80. The summed E-state index contributed by atoms with van der Waals surface area (Å²) in [6.45, 7) is 0.388. The number of halogens is 1. The minimum Gasteiger partial charge on any atom is -0.491 e. The lowest BCUT2D eigenvalue weighted by Crippen LogP contribution is -2.50. The van der Waals surface area contributed by atoms with E-state index in [1.165, 1.54) is 24.3 Å². The highest BCUT2D eigenvalue weighted by atomic mass is 19.1. The van der Waals surface area contributed by atoms with Gasteiger partial charge in [-0.05, 0) is 65.2 Å². The van der Waals surface area contributed by atoms with Crippen LogP contribution in [0.15, 0.2) is 91.1 Å². The molecule has 3 aromatic carbocycles. The molecule has 6 nitrogen and oxygen atoms in total. The van der Waals surface area contributed by atoms with Gasteiger partial charge in [-0.1, -0.05) is 36.4 Å². The van der Waals surface area contributed by atoms with Crippen molar-refractivity contribution in [1.29, 1.82) is 0 Å². The number of benzene rings is 3. The molecule has 1 unspecified atom stereocenters. The molecule has 1 aromatic heterocycles. The fraction of sp³-hybridized carbons (Fsp3) is 0.167. The van der Waals surface area contributed by atoms with Crippen LogP contribution in [-0.2, 0) is 5.54 Å². The van der Waals surface area contributed by atoms with E-state index >= 15 is 0 Å². The van der Waals surface area contributed by atoms with Crippen LogP contribution in [0.1, 0.15) is 38.4 Å². The van der Waals surface area contributed by atoms with Crippen LogP contribution in [0.25, 0.3) is 11.1 Å². The average Bonchev–Trinajstić information content (AvgIpc) is 2.93. The number of hydrogen-bond acceptors (Lipinski definition) is 4. The first-order valence-corrected chi connectivity index (χ1v) is 12.0. The molecule has 1 aliphatic rings. The molecule has 2 amide bonds. The molecule has 4 aromatic rings. The molecule has 0 radical (unpaired) electrons. The summed E-state index contributed by atoms with van der Waals surface area (Å²) >= 11 is 0. The Morgan fingerprint density at radius 1 is 0.919 bits per heavy atom. The third-order valence-electron chi connectivity index (χ3n) is 6.57. The van der Waals surface area contributed by atoms with Gasteiger partial charge < -0.3 is 15.0 Å². The second-order valence-electron chi connectivity index (χ2n) is 9.17. The Kier molecular flexibility index (Phi) is 6.44. The number of fused-ring (bicyclic) bond motifs is 1. The number of carbonyl (C=O) groups is 2. The van der Waals surface area contributed by atoms with Crippen LogP contribution >= 0.6 is 0 Å². The van der Waals surface area contributed by atoms with Gasteiger partial charge in [0.1, 0.15) is 22.8 Å². The van der Waals surface area contributed by atoms with Crippen molar-refractivity contribution in [2.45, 2.75) is 12.0 Å². The van der Waals surface area contributed by atoms with Gasteiger partial charge in [-0.3, -0.25) is 14.6 Å². The molecule has 0 spiro atoms. The van der Waals surface area contributed by atoms with E-state index in [1.807, 2.05) is 48.5 Å². The first kappa shape index (κ1) is 24.2. The third kappa shape index (κ3) is 4.68. The summed E-state index contributed by atoms with van der Waals surface area (Å²) in [6, 6.07) is 24.4. The van der Waals surface area contributed by atoms with Crippen molar-refractivity contribution in [3.05, 3.63) is 119 Å². The van der Waals surface area contributed by atoms with Crippen LogP contribution in [0.3, 0.4) is 0 Å². The number of aromatic nitrogens is 1. The third-order valence-corrected chi connectivity index (χ3v) is 6.57. The molecule has 5 rings (SSSR count). The molecule has 2 heterocycles. The van der Waals surface area contributed by atoms with Crippen molar-refractivity contribution < 1.29 is 18.7 Å². The first-order valence-electron chi connectivity index (χ1n) is 12.0. The van der Waals surface area contributed by atoms with Gasteiger partial charge in [-0.15, -0.1) is 0 Å². The summed E-state index contributed by atoms with van der Waals surface area (Å²) in [5.41, 5.74) is 3.32. The van der Waals surface area contributed by atoms with Gasteiger partial charge in [0.05, 0.1) is 6.61 Å². The second kappa shape index (κ2) is 9.85. The Labute approximate surface area is 214 Å². The van der Waals surface area contributed by atoms with Crippen molar-refractivity contribution >= 4 is 11.8 Å². The number of nitrogens with zero attached hydrogens (tertiary/aromatic N) is 2. The Bertz CT molecular complexity index is 1450. The summed E-state index contributed by atoms with van der Waals surface area (Å²) in [5.74, 6) is -0.202. The van der Waals surface area contributed by atoms with E-state index in [4.69, 9.17) is 4.74 Å². The highest BCUT2D eigenvalue weighted by Crippen LogP contribution is 2.41. The van der Waals surface area contributed by atoms with E-state index in [0.29, 0.717) is 35.6 Å². The maximum absolute atomic E-state index is 13.5. The van der Waals surface area contributed by atoms with Crippen LogP contribution in [-0.4, -0.2) is 42.4 Å². The predicted molar refractivity (Wildman–Crippen MR) is 139 cm³/mol. The minimum absolute atomic E-state index is 0.0641. The number of carbonyl (C=O) groups excluding carboxylic acids is 2. The van der Waals surface area contributed by atoms with Crippen LogP contribution in [0.2, 0.25) is 0 Å². The van der Waals surface area contributed by atoms with Crippen molar-refractivity contribution in [2.24, 2.45) is 0 Å². The summed E-state index contributed by atoms with van der Waals surface area (Å²) in [7, 11) is 3.45. The van der Waals surface area contributed by atoms with Crippen LogP contribution < -0.4 is 10.1 Å². The average molecular weight is 496 g/mol. The topological polar surface area (TPSA) is 71.5 Å². The molecule has 0 fully saturated rings. The fourth-order valence-electron chi connectivity index (χ4n) is 4.64. The molecule has 0 bridgehead atoms. The standard InChI is InChI=1S/C30H26FN3O3/c1-34(2)29(36)23-6-3-5-22(19-23)20-8-12-24(13-9-20)30(16-18-37-26-7-4-17-32-27(26)30)33-28(35)21-10-14-25(31)15-11-21/h3-15,17,19H,16,18H2,1-2H3,(H,33,35). The highest BCUT2D eigenvalue weighted by Gasteiger charge is 2.42. The molecule has 1 N–H and O–H groups in total. The van der Waals surface area contributed by atoms with Crippen molar-refractivity contribution in [1.82, 2.24) is 15.2 Å². The van der Waals surface area contributed by atoms with Crippen LogP contribution in [0.5, 0.6) is 5.75 Å². The van der Waals surface area contributed by atoms with Gasteiger partial charge in [0.15, 0.2) is 0 Å².